The molecular weight excluding hydrogens is 512 g/mol. The van der Waals surface area contributed by atoms with Gasteiger partial charge < -0.3 is 19.7 Å². The Balaban J connectivity index is 1.31. The minimum absolute atomic E-state index is 0.0299. The van der Waals surface area contributed by atoms with Gasteiger partial charge in [0.05, 0.1) is 11.4 Å². The molecule has 2 amide bonds. The number of fused-ring (bicyclic) bond motifs is 4. The van der Waals surface area contributed by atoms with Crippen LogP contribution in [0.15, 0.2) is 77.6 Å². The van der Waals surface area contributed by atoms with Crippen LogP contribution in [0, 0.1) is 5.92 Å². The van der Waals surface area contributed by atoms with Gasteiger partial charge in [-0.05, 0) is 73.9 Å². The molecule has 7 nitrogen and oxygen atoms in total. The van der Waals surface area contributed by atoms with Gasteiger partial charge in [0.2, 0.25) is 5.91 Å². The number of carbonyl (C=O) groups excluding carboxylic acids is 2. The van der Waals surface area contributed by atoms with Crippen molar-refractivity contribution in [3.8, 4) is 0 Å². The zero-order chi connectivity index (χ0) is 28.3. The molecule has 0 aliphatic carbocycles. The van der Waals surface area contributed by atoms with Crippen LogP contribution in [0.3, 0.4) is 0 Å². The predicted molar refractivity (Wildman–Crippen MR) is 163 cm³/mol. The highest BCUT2D eigenvalue weighted by Crippen LogP contribution is 2.39. The molecule has 6 rings (SSSR count). The summed E-state index contributed by atoms with van der Waals surface area (Å²) in [4.78, 5) is 43.7. The highest BCUT2D eigenvalue weighted by molar-refractivity contribution is 6.05. The second kappa shape index (κ2) is 11.8. The number of likely N-dealkylation sites (tertiary alicyclic amines) is 1. The molecule has 2 saturated heterocycles. The van der Waals surface area contributed by atoms with E-state index in [0.717, 1.165) is 68.7 Å². The van der Waals surface area contributed by atoms with E-state index in [4.69, 9.17) is 0 Å². The second-order valence-corrected chi connectivity index (χ2v) is 11.6. The molecule has 4 heterocycles. The van der Waals surface area contributed by atoms with E-state index in [2.05, 4.69) is 23.2 Å². The Bertz CT molecular complexity index is 1510. The summed E-state index contributed by atoms with van der Waals surface area (Å²) in [5, 5.41) is 3.10. The SMILES string of the molecule is CCC1CCCCN1C(=O)c1ccc(N2CC3CC(C2)c2cccc(=O)n2C3)c(NC(=O)/C=C/c2ccccc2)c1. The molecule has 41 heavy (non-hydrogen) atoms. The van der Waals surface area contributed by atoms with Crippen LogP contribution in [-0.2, 0) is 11.3 Å². The van der Waals surface area contributed by atoms with E-state index in [0.29, 0.717) is 23.7 Å². The molecule has 0 radical (unpaired) electrons. The fraction of sp³-hybridized carbons (Fsp3) is 0.382. The molecule has 1 N–H and O–H groups in total. The van der Waals surface area contributed by atoms with Crippen molar-refractivity contribution in [2.45, 2.75) is 57.5 Å². The Morgan fingerprint density at radius 3 is 2.66 bits per heavy atom. The van der Waals surface area contributed by atoms with E-state index in [9.17, 15) is 14.4 Å². The topological polar surface area (TPSA) is 74.7 Å². The number of anilines is 2. The molecular formula is C34H38N4O3. The smallest absolute Gasteiger partial charge is 0.254 e. The van der Waals surface area contributed by atoms with Gasteiger partial charge in [-0.1, -0.05) is 43.3 Å². The monoisotopic (exact) mass is 550 g/mol. The van der Waals surface area contributed by atoms with Crippen LogP contribution in [0.2, 0.25) is 0 Å². The number of aromatic nitrogens is 1. The van der Waals surface area contributed by atoms with Crippen LogP contribution >= 0.6 is 0 Å². The Hall–Kier alpha value is -4.13. The Morgan fingerprint density at radius 1 is 0.976 bits per heavy atom. The minimum atomic E-state index is -0.238. The first-order valence-corrected chi connectivity index (χ1v) is 14.9. The van der Waals surface area contributed by atoms with E-state index >= 15 is 0 Å². The first-order valence-electron chi connectivity index (χ1n) is 14.9. The maximum absolute atomic E-state index is 13.7. The lowest BCUT2D eigenvalue weighted by Crippen LogP contribution is -2.47. The predicted octanol–water partition coefficient (Wildman–Crippen LogP) is 5.53. The summed E-state index contributed by atoms with van der Waals surface area (Å²) in [5.74, 6) is 0.362. The highest BCUT2D eigenvalue weighted by atomic mass is 16.2. The van der Waals surface area contributed by atoms with E-state index in [-0.39, 0.29) is 29.3 Å². The summed E-state index contributed by atoms with van der Waals surface area (Å²) in [6, 6.07) is 21.3. The quantitative estimate of drug-likeness (QED) is 0.410. The van der Waals surface area contributed by atoms with Crippen LogP contribution in [0.25, 0.3) is 6.08 Å². The number of piperidine rings is 2. The summed E-state index contributed by atoms with van der Waals surface area (Å²) in [6.07, 6.45) is 8.54. The zero-order valence-corrected chi connectivity index (χ0v) is 23.7. The summed E-state index contributed by atoms with van der Waals surface area (Å²) in [7, 11) is 0. The molecule has 2 bridgehead atoms. The van der Waals surface area contributed by atoms with Crippen LogP contribution in [0.4, 0.5) is 11.4 Å². The van der Waals surface area contributed by atoms with Crippen molar-refractivity contribution in [1.82, 2.24) is 9.47 Å². The van der Waals surface area contributed by atoms with Gasteiger partial charge in [-0.2, -0.15) is 0 Å². The van der Waals surface area contributed by atoms with Crippen molar-refractivity contribution in [3.05, 3.63) is 100.0 Å². The average Bonchev–Trinajstić information content (AvgIpc) is 3.00. The van der Waals surface area contributed by atoms with Gasteiger partial charge in [0, 0.05) is 61.5 Å². The van der Waals surface area contributed by atoms with Crippen LogP contribution in [-0.4, -0.2) is 47.0 Å². The summed E-state index contributed by atoms with van der Waals surface area (Å²) < 4.78 is 1.93. The van der Waals surface area contributed by atoms with Crippen molar-refractivity contribution in [2.75, 3.05) is 29.9 Å². The Kier molecular flexibility index (Phi) is 7.77. The molecule has 3 aliphatic heterocycles. The number of rotatable bonds is 6. The van der Waals surface area contributed by atoms with Crippen molar-refractivity contribution in [2.24, 2.45) is 5.92 Å². The number of amides is 2. The normalized spacial score (nSPS) is 21.9. The molecule has 3 aromatic rings. The fourth-order valence-corrected chi connectivity index (χ4v) is 6.91. The van der Waals surface area contributed by atoms with Gasteiger partial charge >= 0.3 is 0 Å². The number of carbonyl (C=O) groups is 2. The second-order valence-electron chi connectivity index (χ2n) is 11.6. The number of nitrogens with one attached hydrogen (secondary N) is 1. The standard InChI is InChI=1S/C34H38N4O3/c1-2-28-11-6-7-18-37(28)34(41)26-15-16-31(29(20-26)35-32(39)17-14-24-9-4-3-5-10-24)36-21-25-19-27(23-36)30-12-8-13-33(40)38(30)22-25/h3-5,8-10,12-17,20,25,27-28H,2,6-7,11,18-19,21-23H2,1H3,(H,35,39)/b17-14+. The van der Waals surface area contributed by atoms with Crippen LogP contribution in [0.1, 0.15) is 66.6 Å². The van der Waals surface area contributed by atoms with Gasteiger partial charge in [-0.15, -0.1) is 0 Å². The van der Waals surface area contributed by atoms with E-state index in [1.165, 1.54) is 0 Å². The largest absolute Gasteiger partial charge is 0.369 e. The zero-order valence-electron chi connectivity index (χ0n) is 23.7. The first-order chi connectivity index (χ1) is 20.0. The molecule has 3 unspecified atom stereocenters. The molecule has 0 spiro atoms. The third-order valence-corrected chi connectivity index (χ3v) is 8.91. The molecule has 0 saturated carbocycles. The molecule has 2 aromatic carbocycles. The minimum Gasteiger partial charge on any atom is -0.369 e. The third kappa shape index (κ3) is 5.71. The highest BCUT2D eigenvalue weighted by Gasteiger charge is 2.35. The summed E-state index contributed by atoms with van der Waals surface area (Å²) >= 11 is 0. The van der Waals surface area contributed by atoms with Gasteiger partial charge in [0.15, 0.2) is 0 Å². The van der Waals surface area contributed by atoms with E-state index in [1.807, 2.05) is 64.1 Å². The third-order valence-electron chi connectivity index (χ3n) is 8.91. The molecule has 3 atom stereocenters. The lowest BCUT2D eigenvalue weighted by molar-refractivity contribution is -0.111. The number of benzene rings is 2. The maximum atomic E-state index is 13.7. The summed E-state index contributed by atoms with van der Waals surface area (Å²) in [6.45, 7) is 5.16. The van der Waals surface area contributed by atoms with Gasteiger partial charge in [-0.25, -0.2) is 0 Å². The maximum Gasteiger partial charge on any atom is 0.254 e. The van der Waals surface area contributed by atoms with Crippen LogP contribution < -0.4 is 15.8 Å². The lowest BCUT2D eigenvalue weighted by Gasteiger charge is -2.44. The molecule has 212 valence electrons. The van der Waals surface area contributed by atoms with Gasteiger partial charge in [0.1, 0.15) is 0 Å². The van der Waals surface area contributed by atoms with Crippen molar-refractivity contribution in [1.29, 1.82) is 0 Å². The Labute approximate surface area is 241 Å². The first kappa shape index (κ1) is 27.1. The van der Waals surface area contributed by atoms with Gasteiger partial charge in [0.25, 0.3) is 11.5 Å². The number of hydrogen-bond acceptors (Lipinski definition) is 4. The van der Waals surface area contributed by atoms with Crippen molar-refractivity contribution >= 4 is 29.3 Å². The summed E-state index contributed by atoms with van der Waals surface area (Å²) in [5.41, 5.74) is 4.25. The van der Waals surface area contributed by atoms with E-state index < -0.39 is 0 Å². The van der Waals surface area contributed by atoms with Crippen LogP contribution in [0.5, 0.6) is 0 Å². The van der Waals surface area contributed by atoms with E-state index in [1.54, 1.807) is 18.2 Å². The molecule has 7 heteroatoms. The van der Waals surface area contributed by atoms with Crippen molar-refractivity contribution < 1.29 is 9.59 Å². The van der Waals surface area contributed by atoms with Gasteiger partial charge in [-0.3, -0.25) is 14.4 Å². The molecule has 2 fully saturated rings. The molecule has 1 aromatic heterocycles. The fourth-order valence-electron chi connectivity index (χ4n) is 6.91. The Morgan fingerprint density at radius 2 is 1.83 bits per heavy atom. The van der Waals surface area contributed by atoms with Crippen molar-refractivity contribution in [3.63, 3.8) is 0 Å². The lowest BCUT2D eigenvalue weighted by atomic mass is 9.83. The number of hydrogen-bond donors (Lipinski definition) is 1. The average molecular weight is 551 g/mol. The number of nitrogens with zero attached hydrogens (tertiary/aromatic N) is 3. The molecule has 3 aliphatic rings. The number of pyridine rings is 1.